The van der Waals surface area contributed by atoms with Gasteiger partial charge in [-0.1, -0.05) is 12.1 Å². The highest BCUT2D eigenvalue weighted by Gasteiger charge is 2.14. The maximum absolute atomic E-state index is 10.9. The number of hydrazine groups is 1. The van der Waals surface area contributed by atoms with Gasteiger partial charge in [0.15, 0.2) is 5.75 Å². The molecule has 2 rings (SSSR count). The van der Waals surface area contributed by atoms with Crippen LogP contribution in [0.2, 0.25) is 0 Å². The molecule has 0 aliphatic heterocycles. The van der Waals surface area contributed by atoms with Crippen molar-refractivity contribution in [1.29, 1.82) is 0 Å². The van der Waals surface area contributed by atoms with E-state index >= 15 is 0 Å². The van der Waals surface area contributed by atoms with Crippen molar-refractivity contribution < 1.29 is 9.66 Å². The molecule has 0 amide bonds. The van der Waals surface area contributed by atoms with Crippen molar-refractivity contribution in [2.24, 2.45) is 5.84 Å². The predicted octanol–water partition coefficient (Wildman–Crippen LogP) is 2.16. The van der Waals surface area contributed by atoms with Gasteiger partial charge in [0, 0.05) is 17.8 Å². The third-order valence-corrected chi connectivity index (χ3v) is 2.68. The lowest BCUT2D eigenvalue weighted by atomic mass is 10.2. The molecule has 0 fully saturated rings. The van der Waals surface area contributed by atoms with Crippen molar-refractivity contribution >= 4 is 11.5 Å². The van der Waals surface area contributed by atoms with Crippen molar-refractivity contribution in [3.8, 4) is 5.75 Å². The van der Waals surface area contributed by atoms with Crippen LogP contribution in [0, 0.1) is 17.0 Å². The van der Waals surface area contributed by atoms with Gasteiger partial charge in [0.1, 0.15) is 12.4 Å². The van der Waals surface area contributed by atoms with Crippen molar-refractivity contribution in [3.05, 3.63) is 57.8 Å². The highest BCUT2D eigenvalue weighted by molar-refractivity contribution is 5.48. The van der Waals surface area contributed by atoms with E-state index in [2.05, 4.69) is 10.4 Å². The molecule has 1 heterocycles. The van der Waals surface area contributed by atoms with Gasteiger partial charge < -0.3 is 10.2 Å². The summed E-state index contributed by atoms with van der Waals surface area (Å²) in [6.07, 6.45) is 1.59. The van der Waals surface area contributed by atoms with E-state index in [4.69, 9.17) is 10.6 Å². The molecular weight excluding hydrogens is 260 g/mol. The summed E-state index contributed by atoms with van der Waals surface area (Å²) < 4.78 is 5.51. The Morgan fingerprint density at radius 3 is 2.80 bits per heavy atom. The molecule has 7 heteroatoms. The lowest BCUT2D eigenvalue weighted by Crippen LogP contribution is -2.08. The van der Waals surface area contributed by atoms with Crippen LogP contribution < -0.4 is 16.0 Å². The molecule has 0 aliphatic carbocycles. The smallest absolute Gasteiger partial charge is 0.310 e. The minimum absolute atomic E-state index is 0.0520. The number of nitrogens with one attached hydrogen (secondary N) is 1. The maximum Gasteiger partial charge on any atom is 0.310 e. The highest BCUT2D eigenvalue weighted by Crippen LogP contribution is 2.28. The number of hydrogen-bond acceptors (Lipinski definition) is 6. The highest BCUT2D eigenvalue weighted by atomic mass is 16.6. The minimum Gasteiger partial charge on any atom is -0.482 e. The average molecular weight is 274 g/mol. The molecule has 0 atom stereocenters. The second-order valence-electron chi connectivity index (χ2n) is 4.21. The first-order valence-corrected chi connectivity index (χ1v) is 5.89. The van der Waals surface area contributed by atoms with E-state index in [0.29, 0.717) is 5.82 Å². The number of nitrogen functional groups attached to an aromatic ring is 1. The molecule has 3 N–H and O–H groups in total. The quantitative estimate of drug-likeness (QED) is 0.492. The van der Waals surface area contributed by atoms with E-state index in [0.717, 1.165) is 11.1 Å². The van der Waals surface area contributed by atoms with Gasteiger partial charge in [-0.05, 0) is 24.6 Å². The first-order chi connectivity index (χ1) is 9.60. The van der Waals surface area contributed by atoms with Gasteiger partial charge >= 0.3 is 5.69 Å². The number of nitro benzene ring substituents is 1. The molecule has 0 aliphatic rings. The lowest BCUT2D eigenvalue weighted by Gasteiger charge is -2.08. The standard InChI is InChI=1S/C13H14N4O3/c1-9-2-4-11(17(18)19)12(6-9)20-8-10-3-5-13(16-14)15-7-10/h2-7H,8,14H2,1H3,(H,15,16). The zero-order valence-electron chi connectivity index (χ0n) is 10.9. The number of rotatable bonds is 5. The Hall–Kier alpha value is -2.67. The van der Waals surface area contributed by atoms with Crippen LogP contribution in [0.5, 0.6) is 5.75 Å². The molecule has 7 nitrogen and oxygen atoms in total. The van der Waals surface area contributed by atoms with E-state index in [-0.39, 0.29) is 18.0 Å². The Bertz CT molecular complexity index is 614. The van der Waals surface area contributed by atoms with Crippen LogP contribution in [0.4, 0.5) is 11.5 Å². The monoisotopic (exact) mass is 274 g/mol. The zero-order valence-corrected chi connectivity index (χ0v) is 10.9. The minimum atomic E-state index is -0.464. The SMILES string of the molecule is Cc1ccc([N+](=O)[O-])c(OCc2ccc(NN)nc2)c1. The Morgan fingerprint density at radius 2 is 2.20 bits per heavy atom. The maximum atomic E-state index is 10.9. The fourth-order valence-electron chi connectivity index (χ4n) is 1.64. The normalized spacial score (nSPS) is 10.1. The fourth-order valence-corrected chi connectivity index (χ4v) is 1.64. The summed E-state index contributed by atoms with van der Waals surface area (Å²) in [5.41, 5.74) is 4.05. The summed E-state index contributed by atoms with van der Waals surface area (Å²) in [5.74, 6) is 6.00. The van der Waals surface area contributed by atoms with Crippen LogP contribution in [-0.4, -0.2) is 9.91 Å². The molecule has 104 valence electrons. The first kappa shape index (κ1) is 13.8. The van der Waals surface area contributed by atoms with E-state index in [1.165, 1.54) is 6.07 Å². The molecule has 0 spiro atoms. The lowest BCUT2D eigenvalue weighted by molar-refractivity contribution is -0.386. The summed E-state index contributed by atoms with van der Waals surface area (Å²) in [6, 6.07) is 8.23. The first-order valence-electron chi connectivity index (χ1n) is 5.89. The van der Waals surface area contributed by atoms with Gasteiger partial charge in [-0.2, -0.15) is 0 Å². The number of nitrogens with zero attached hydrogens (tertiary/aromatic N) is 2. The summed E-state index contributed by atoms with van der Waals surface area (Å²) in [4.78, 5) is 14.5. The third-order valence-electron chi connectivity index (χ3n) is 2.68. The number of benzene rings is 1. The second kappa shape index (κ2) is 5.98. The van der Waals surface area contributed by atoms with Gasteiger partial charge in [0.05, 0.1) is 4.92 Å². The molecule has 1 aromatic carbocycles. The van der Waals surface area contributed by atoms with Crippen molar-refractivity contribution in [1.82, 2.24) is 4.98 Å². The number of pyridine rings is 1. The number of ether oxygens (including phenoxy) is 1. The molecule has 0 saturated carbocycles. The summed E-state index contributed by atoms with van der Waals surface area (Å²) in [7, 11) is 0. The van der Waals surface area contributed by atoms with Gasteiger partial charge in [0.25, 0.3) is 0 Å². The van der Waals surface area contributed by atoms with Gasteiger partial charge in [-0.3, -0.25) is 10.1 Å². The predicted molar refractivity (Wildman–Crippen MR) is 74.2 cm³/mol. The molecule has 20 heavy (non-hydrogen) atoms. The fraction of sp³-hybridized carbons (Fsp3) is 0.154. The third kappa shape index (κ3) is 3.21. The number of anilines is 1. The topological polar surface area (TPSA) is 103 Å². The van der Waals surface area contributed by atoms with Crippen LogP contribution >= 0.6 is 0 Å². The number of hydrogen-bond donors (Lipinski definition) is 2. The van der Waals surface area contributed by atoms with Gasteiger partial charge in [-0.15, -0.1) is 0 Å². The van der Waals surface area contributed by atoms with Crippen LogP contribution in [0.15, 0.2) is 36.5 Å². The van der Waals surface area contributed by atoms with Crippen LogP contribution in [0.1, 0.15) is 11.1 Å². The van der Waals surface area contributed by atoms with Crippen molar-refractivity contribution in [2.45, 2.75) is 13.5 Å². The number of nitro groups is 1. The number of aromatic nitrogens is 1. The zero-order chi connectivity index (χ0) is 14.5. The molecule has 2 aromatic rings. The van der Waals surface area contributed by atoms with E-state index in [1.54, 1.807) is 30.5 Å². The van der Waals surface area contributed by atoms with Gasteiger partial charge in [0.2, 0.25) is 0 Å². The van der Waals surface area contributed by atoms with Gasteiger partial charge in [-0.25, -0.2) is 10.8 Å². The average Bonchev–Trinajstić information content (AvgIpc) is 2.45. The Morgan fingerprint density at radius 1 is 1.40 bits per heavy atom. The van der Waals surface area contributed by atoms with Crippen LogP contribution in [0.3, 0.4) is 0 Å². The molecule has 0 bridgehead atoms. The summed E-state index contributed by atoms with van der Waals surface area (Å²) in [5, 5.41) is 10.9. The Kier molecular flexibility index (Phi) is 4.11. The number of aryl methyl sites for hydroxylation is 1. The van der Waals surface area contributed by atoms with E-state index < -0.39 is 4.92 Å². The van der Waals surface area contributed by atoms with E-state index in [9.17, 15) is 10.1 Å². The second-order valence-corrected chi connectivity index (χ2v) is 4.21. The number of nitrogens with two attached hydrogens (primary N) is 1. The summed E-state index contributed by atoms with van der Waals surface area (Å²) in [6.45, 7) is 2.04. The Balaban J connectivity index is 2.13. The van der Waals surface area contributed by atoms with Crippen LogP contribution in [-0.2, 0) is 6.61 Å². The summed E-state index contributed by atoms with van der Waals surface area (Å²) >= 11 is 0. The molecule has 0 saturated heterocycles. The molecular formula is C13H14N4O3. The molecule has 0 radical (unpaired) electrons. The Labute approximate surface area is 115 Å². The van der Waals surface area contributed by atoms with E-state index in [1.807, 2.05) is 6.92 Å². The molecule has 1 aromatic heterocycles. The largest absolute Gasteiger partial charge is 0.482 e. The van der Waals surface area contributed by atoms with Crippen molar-refractivity contribution in [2.75, 3.05) is 5.43 Å². The van der Waals surface area contributed by atoms with Crippen molar-refractivity contribution in [3.63, 3.8) is 0 Å². The van der Waals surface area contributed by atoms with Crippen LogP contribution in [0.25, 0.3) is 0 Å². The molecule has 0 unspecified atom stereocenters.